The summed E-state index contributed by atoms with van der Waals surface area (Å²) in [6.45, 7) is 3.23. The largest absolute Gasteiger partial charge is 0.394 e. The second-order valence-corrected chi connectivity index (χ2v) is 22.1. The number of carbonyl (C=O) groups excluding carboxylic acids is 1. The van der Waals surface area contributed by atoms with Gasteiger partial charge in [0.25, 0.3) is 0 Å². The molecule has 75 heavy (non-hydrogen) atoms. The normalized spacial score (nSPS) is 20.0. The molecule has 11 nitrogen and oxygen atoms in total. The fourth-order valence-corrected chi connectivity index (χ4v) is 10.1. The Kier molecular flexibility index (Phi) is 50.0. The van der Waals surface area contributed by atoms with Gasteiger partial charge >= 0.3 is 0 Å². The van der Waals surface area contributed by atoms with Crippen LogP contribution in [0.5, 0.6) is 0 Å². The van der Waals surface area contributed by atoms with Crippen molar-refractivity contribution in [3.05, 3.63) is 48.6 Å². The summed E-state index contributed by atoms with van der Waals surface area (Å²) >= 11 is 0. The summed E-state index contributed by atoms with van der Waals surface area (Å²) in [6, 6.07) is -1.19. The fraction of sp³-hybridized carbons (Fsp3) is 0.859. The van der Waals surface area contributed by atoms with E-state index in [1.807, 2.05) is 6.92 Å². The summed E-state index contributed by atoms with van der Waals surface area (Å²) in [5, 5.41) is 75.9. The lowest BCUT2D eigenvalue weighted by Crippen LogP contribution is -2.60. The maximum Gasteiger partial charge on any atom is 0.249 e. The maximum atomic E-state index is 13.2. The number of nitrogens with one attached hydrogen (secondary N) is 1. The average molecular weight is 1060 g/mol. The first-order valence-electron chi connectivity index (χ1n) is 31.5. The van der Waals surface area contributed by atoms with Gasteiger partial charge < -0.3 is 50.5 Å². The summed E-state index contributed by atoms with van der Waals surface area (Å²) in [5.74, 6) is -0.712. The summed E-state index contributed by atoms with van der Waals surface area (Å²) in [6.07, 6.45) is 56.6. The van der Waals surface area contributed by atoms with Crippen LogP contribution >= 0.6 is 0 Å². The predicted molar refractivity (Wildman–Crippen MR) is 311 cm³/mol. The summed E-state index contributed by atoms with van der Waals surface area (Å²) in [5.41, 5.74) is 0. The molecular weight excluding hydrogens is 943 g/mol. The van der Waals surface area contributed by atoms with Gasteiger partial charge in [0, 0.05) is 0 Å². The third-order valence-electron chi connectivity index (χ3n) is 15.2. The minimum absolute atomic E-state index is 0.240. The molecule has 1 amide bonds. The molecule has 1 fully saturated rings. The smallest absolute Gasteiger partial charge is 0.249 e. The third-order valence-corrected chi connectivity index (χ3v) is 15.2. The number of unbranched alkanes of at least 4 members (excludes halogenated alkanes) is 35. The molecule has 0 radical (unpaired) electrons. The van der Waals surface area contributed by atoms with Crippen LogP contribution in [0.4, 0.5) is 0 Å². The van der Waals surface area contributed by atoms with Crippen LogP contribution in [-0.4, -0.2) is 110 Å². The maximum absolute atomic E-state index is 13.2. The molecule has 440 valence electrons. The molecule has 1 aliphatic rings. The Labute approximate surface area is 459 Å². The zero-order valence-corrected chi connectivity index (χ0v) is 48.3. The van der Waals surface area contributed by atoms with Crippen molar-refractivity contribution < 1.29 is 50.0 Å². The highest BCUT2D eigenvalue weighted by atomic mass is 16.7. The number of allylic oxidation sites excluding steroid dienone is 8. The number of hydrogen-bond acceptors (Lipinski definition) is 10. The van der Waals surface area contributed by atoms with E-state index in [1.54, 1.807) is 0 Å². The standard InChI is InChI=1S/C64H119NO10/c1-3-5-7-9-11-13-15-17-18-19-20-21-22-23-24-25-26-27-28-29-30-31-32-33-34-35-36-37-38-39-40-42-44-46-48-50-52-57(68)63(73)65-55(54-74-64-62(72)61(71)60(70)58(53-66)75-64)59(69)56(67)51-49-47-45-43-41-16-14-12-10-8-6-4-2/h4,6,12,14,27-28,43,45,55-62,64,66-72H,3,5,7-11,13,15-26,29-42,44,46-54H2,1-2H3,(H,65,73)/b6-4+,14-12+,28-27-,45-43+. The van der Waals surface area contributed by atoms with Gasteiger partial charge in [0.15, 0.2) is 6.29 Å². The third kappa shape index (κ3) is 40.9. The van der Waals surface area contributed by atoms with E-state index < -0.39 is 74.2 Å². The zero-order chi connectivity index (χ0) is 54.7. The van der Waals surface area contributed by atoms with Gasteiger partial charge in [-0.25, -0.2) is 0 Å². The quantitative estimate of drug-likeness (QED) is 0.0215. The topological polar surface area (TPSA) is 189 Å². The van der Waals surface area contributed by atoms with E-state index in [0.29, 0.717) is 19.3 Å². The molecule has 0 aliphatic carbocycles. The van der Waals surface area contributed by atoms with Crippen molar-refractivity contribution in [2.24, 2.45) is 0 Å². The number of carbonyl (C=O) groups is 1. The summed E-state index contributed by atoms with van der Waals surface area (Å²) < 4.78 is 11.1. The van der Waals surface area contributed by atoms with E-state index in [9.17, 15) is 40.5 Å². The minimum atomic E-state index is -1.67. The van der Waals surface area contributed by atoms with Crippen LogP contribution in [0.3, 0.4) is 0 Å². The molecule has 0 spiro atoms. The molecule has 8 N–H and O–H groups in total. The molecule has 9 atom stereocenters. The molecule has 1 aliphatic heterocycles. The highest BCUT2D eigenvalue weighted by Gasteiger charge is 2.44. The number of amides is 1. The SMILES string of the molecule is C/C=C/CC/C=C/CC/C=C/CCCC(O)C(O)C(COC1OC(CO)C(O)C(O)C1O)NC(=O)C(O)CCCCCCCCCCCCCCCCCC/C=C\CCCCCCCCCCCCCCCCCC. The van der Waals surface area contributed by atoms with Gasteiger partial charge in [-0.3, -0.25) is 4.79 Å². The van der Waals surface area contributed by atoms with Crippen molar-refractivity contribution in [1.29, 1.82) is 0 Å². The lowest BCUT2D eigenvalue weighted by Gasteiger charge is -2.40. The summed E-state index contributed by atoms with van der Waals surface area (Å²) in [4.78, 5) is 13.2. The van der Waals surface area contributed by atoms with Crippen LogP contribution in [0, 0.1) is 0 Å². The Morgan fingerprint density at radius 1 is 0.480 bits per heavy atom. The van der Waals surface area contributed by atoms with Crippen molar-refractivity contribution in [2.75, 3.05) is 13.2 Å². The Bertz CT molecular complexity index is 1360. The van der Waals surface area contributed by atoms with E-state index >= 15 is 0 Å². The van der Waals surface area contributed by atoms with Crippen molar-refractivity contribution in [3.63, 3.8) is 0 Å². The van der Waals surface area contributed by atoms with E-state index in [-0.39, 0.29) is 12.8 Å². The van der Waals surface area contributed by atoms with Crippen molar-refractivity contribution in [1.82, 2.24) is 5.32 Å². The average Bonchev–Trinajstić information content (AvgIpc) is 3.41. The van der Waals surface area contributed by atoms with Crippen LogP contribution in [0.2, 0.25) is 0 Å². The lowest BCUT2D eigenvalue weighted by molar-refractivity contribution is -0.303. The van der Waals surface area contributed by atoms with Crippen LogP contribution in [0.15, 0.2) is 48.6 Å². The minimum Gasteiger partial charge on any atom is -0.394 e. The van der Waals surface area contributed by atoms with E-state index in [2.05, 4.69) is 60.8 Å². The molecule has 0 saturated carbocycles. The molecule has 0 aromatic carbocycles. The highest BCUT2D eigenvalue weighted by molar-refractivity contribution is 5.80. The van der Waals surface area contributed by atoms with E-state index in [1.165, 1.54) is 193 Å². The van der Waals surface area contributed by atoms with Gasteiger partial charge in [0.05, 0.1) is 25.4 Å². The Hall–Kier alpha value is -1.93. The van der Waals surface area contributed by atoms with Gasteiger partial charge in [-0.05, 0) is 84.0 Å². The van der Waals surface area contributed by atoms with Gasteiger partial charge in [0.1, 0.15) is 36.6 Å². The molecule has 11 heteroatoms. The van der Waals surface area contributed by atoms with E-state index in [4.69, 9.17) is 9.47 Å². The number of aliphatic hydroxyl groups excluding tert-OH is 7. The number of hydrogen-bond donors (Lipinski definition) is 8. The molecule has 1 heterocycles. The van der Waals surface area contributed by atoms with E-state index in [0.717, 1.165) is 44.9 Å². The summed E-state index contributed by atoms with van der Waals surface area (Å²) in [7, 11) is 0. The molecule has 9 unspecified atom stereocenters. The van der Waals surface area contributed by atoms with Crippen molar-refractivity contribution >= 4 is 5.91 Å². The molecule has 1 rings (SSSR count). The van der Waals surface area contributed by atoms with Crippen LogP contribution < -0.4 is 5.32 Å². The second-order valence-electron chi connectivity index (χ2n) is 22.1. The first-order chi connectivity index (χ1) is 36.7. The van der Waals surface area contributed by atoms with Gasteiger partial charge in [-0.1, -0.05) is 248 Å². The Balaban J connectivity index is 2.13. The van der Waals surface area contributed by atoms with Crippen molar-refractivity contribution in [2.45, 2.75) is 339 Å². The monoisotopic (exact) mass is 1060 g/mol. The molecular formula is C64H119NO10. The van der Waals surface area contributed by atoms with Gasteiger partial charge in [0.2, 0.25) is 5.91 Å². The zero-order valence-electron chi connectivity index (χ0n) is 48.3. The Morgan fingerprint density at radius 3 is 1.27 bits per heavy atom. The highest BCUT2D eigenvalue weighted by Crippen LogP contribution is 2.23. The molecule has 0 aromatic heterocycles. The van der Waals surface area contributed by atoms with Crippen LogP contribution in [-0.2, 0) is 14.3 Å². The number of aliphatic hydroxyl groups is 7. The van der Waals surface area contributed by atoms with Gasteiger partial charge in [-0.15, -0.1) is 0 Å². The van der Waals surface area contributed by atoms with Gasteiger partial charge in [-0.2, -0.15) is 0 Å². The molecule has 0 bridgehead atoms. The Morgan fingerprint density at radius 2 is 0.853 bits per heavy atom. The number of rotatable bonds is 54. The van der Waals surface area contributed by atoms with Crippen LogP contribution in [0.25, 0.3) is 0 Å². The van der Waals surface area contributed by atoms with Crippen molar-refractivity contribution in [3.8, 4) is 0 Å². The fourth-order valence-electron chi connectivity index (χ4n) is 10.1. The molecule has 0 aromatic rings. The first-order valence-corrected chi connectivity index (χ1v) is 31.5. The molecule has 1 saturated heterocycles. The first kappa shape index (κ1) is 71.1. The second kappa shape index (κ2) is 52.8. The number of ether oxygens (including phenoxy) is 2. The van der Waals surface area contributed by atoms with Crippen LogP contribution in [0.1, 0.15) is 284 Å². The predicted octanol–water partition coefficient (Wildman–Crippen LogP) is 14.0. The lowest BCUT2D eigenvalue weighted by atomic mass is 9.98.